The number of benzene rings is 1. The van der Waals surface area contributed by atoms with Gasteiger partial charge < -0.3 is 25.8 Å². The Balaban J connectivity index is 1.54. The molecule has 0 unspecified atom stereocenters. The molecule has 1 aromatic heterocycles. The van der Waals surface area contributed by atoms with Gasteiger partial charge in [0.05, 0.1) is 11.8 Å². The second-order valence-electron chi connectivity index (χ2n) is 9.95. The number of aromatic nitrogens is 2. The Morgan fingerprint density at radius 2 is 2.03 bits per heavy atom. The highest BCUT2D eigenvalue weighted by atomic mass is 19.1. The molecule has 2 amide bonds. The maximum Gasteiger partial charge on any atom is 0.246 e. The molecule has 9 nitrogen and oxygen atoms in total. The quantitative estimate of drug-likeness (QED) is 0.299. The van der Waals surface area contributed by atoms with Crippen molar-refractivity contribution < 1.29 is 14.0 Å². The van der Waals surface area contributed by atoms with Gasteiger partial charge in [-0.1, -0.05) is 30.9 Å². The Hall–Kier alpha value is -3.97. The van der Waals surface area contributed by atoms with Crippen molar-refractivity contribution in [2.45, 2.75) is 45.2 Å². The van der Waals surface area contributed by atoms with Crippen LogP contribution in [0.4, 0.5) is 21.8 Å². The Labute approximate surface area is 230 Å². The second-order valence-corrected chi connectivity index (χ2v) is 9.95. The number of hydrogen-bond acceptors (Lipinski definition) is 7. The minimum absolute atomic E-state index is 0.0267. The van der Waals surface area contributed by atoms with Crippen molar-refractivity contribution in [3.05, 3.63) is 54.0 Å². The van der Waals surface area contributed by atoms with Crippen LogP contribution in [0.1, 0.15) is 38.7 Å². The first-order valence-corrected chi connectivity index (χ1v) is 13.2. The number of likely N-dealkylation sites (N-methyl/N-ethyl adjacent to an activating group) is 2. The summed E-state index contributed by atoms with van der Waals surface area (Å²) in [5.74, 6) is 6.83. The minimum Gasteiger partial charge on any atom is -0.369 e. The number of carbonyl (C=O) groups excluding carboxylic acids is 2. The molecular weight excluding hydrogens is 497 g/mol. The molecule has 3 N–H and O–H groups in total. The molecule has 1 fully saturated rings. The van der Waals surface area contributed by atoms with Crippen LogP contribution in [0.2, 0.25) is 0 Å². The van der Waals surface area contributed by atoms with Crippen LogP contribution in [0, 0.1) is 23.6 Å². The Bertz CT molecular complexity index is 1230. The molecule has 10 heteroatoms. The van der Waals surface area contributed by atoms with Gasteiger partial charge in [-0.2, -0.15) is 4.98 Å². The average molecular weight is 536 g/mol. The number of hydrogen-bond donors (Lipinski definition) is 3. The highest BCUT2D eigenvalue weighted by Gasteiger charge is 2.31. The number of carbonyl (C=O) groups is 2. The lowest BCUT2D eigenvalue weighted by molar-refractivity contribution is -0.135. The van der Waals surface area contributed by atoms with Gasteiger partial charge >= 0.3 is 0 Å². The standard InChI is InChI=1S/C29H38FN7O2/c1-6-14-31-27-22(19-32-29(35-27)34-24-10-7-9-23(30)18-24)13-12-21-16-25(17-21)33-28(39)20(2)37(5)26(38)11-8-15-36(3)4/h7-11,18-21,25H,6,14-17H2,1-5H3,(H,33,39)(H2,31,32,34,35)/b11-8+/t20-,21-,25-/m0/s1. The van der Waals surface area contributed by atoms with Crippen LogP contribution in [0.15, 0.2) is 42.6 Å². The summed E-state index contributed by atoms with van der Waals surface area (Å²) in [6.45, 7) is 5.16. The monoisotopic (exact) mass is 535 g/mol. The molecule has 1 aromatic carbocycles. The average Bonchev–Trinajstić information content (AvgIpc) is 2.88. The first-order chi connectivity index (χ1) is 18.7. The van der Waals surface area contributed by atoms with E-state index in [9.17, 15) is 14.0 Å². The lowest BCUT2D eigenvalue weighted by Gasteiger charge is -2.34. The van der Waals surface area contributed by atoms with E-state index >= 15 is 0 Å². The molecule has 0 bridgehead atoms. The smallest absolute Gasteiger partial charge is 0.246 e. The van der Waals surface area contributed by atoms with Crippen molar-refractivity contribution in [1.82, 2.24) is 25.1 Å². The molecule has 1 aliphatic carbocycles. The molecule has 0 spiro atoms. The van der Waals surface area contributed by atoms with Gasteiger partial charge in [-0.3, -0.25) is 9.59 Å². The summed E-state index contributed by atoms with van der Waals surface area (Å²) in [6, 6.07) is 5.56. The minimum atomic E-state index is -0.574. The molecule has 208 valence electrons. The SMILES string of the molecule is CCCNc1nc(Nc2cccc(F)c2)ncc1C#C[C@H]1C[C@H](NC(=O)[C@H](C)N(C)C(=O)/C=C/CN(C)C)C1. The molecule has 39 heavy (non-hydrogen) atoms. The van der Waals surface area contributed by atoms with E-state index in [2.05, 4.69) is 44.7 Å². The highest BCUT2D eigenvalue weighted by Crippen LogP contribution is 2.27. The first kappa shape index (κ1) is 29.6. The van der Waals surface area contributed by atoms with E-state index in [-0.39, 0.29) is 29.6 Å². The zero-order valence-electron chi connectivity index (χ0n) is 23.3. The molecule has 0 saturated heterocycles. The van der Waals surface area contributed by atoms with E-state index in [0.29, 0.717) is 29.6 Å². The maximum absolute atomic E-state index is 13.5. The van der Waals surface area contributed by atoms with Gasteiger partial charge in [-0.15, -0.1) is 0 Å². The van der Waals surface area contributed by atoms with Crippen LogP contribution in [-0.4, -0.2) is 77.9 Å². The third kappa shape index (κ3) is 9.07. The molecule has 0 radical (unpaired) electrons. The van der Waals surface area contributed by atoms with Gasteiger partial charge in [-0.05, 0) is 58.5 Å². The molecule has 2 aromatic rings. The number of anilines is 3. The fraction of sp³-hybridized carbons (Fsp3) is 0.448. The zero-order chi connectivity index (χ0) is 28.4. The predicted octanol–water partition coefficient (Wildman–Crippen LogP) is 3.39. The molecular formula is C29H38FN7O2. The Kier molecular flexibility index (Phi) is 10.8. The van der Waals surface area contributed by atoms with Crippen LogP contribution in [0.5, 0.6) is 0 Å². The fourth-order valence-corrected chi connectivity index (χ4v) is 3.81. The molecule has 1 atom stereocenters. The summed E-state index contributed by atoms with van der Waals surface area (Å²) in [5, 5.41) is 9.32. The summed E-state index contributed by atoms with van der Waals surface area (Å²) < 4.78 is 13.5. The summed E-state index contributed by atoms with van der Waals surface area (Å²) in [5.41, 5.74) is 1.24. The van der Waals surface area contributed by atoms with Crippen LogP contribution in [-0.2, 0) is 9.59 Å². The van der Waals surface area contributed by atoms with Crippen LogP contribution >= 0.6 is 0 Å². The van der Waals surface area contributed by atoms with Gasteiger partial charge in [0.15, 0.2) is 0 Å². The number of nitrogens with one attached hydrogen (secondary N) is 3. The molecule has 1 aliphatic rings. The Morgan fingerprint density at radius 3 is 2.72 bits per heavy atom. The largest absolute Gasteiger partial charge is 0.369 e. The highest BCUT2D eigenvalue weighted by molar-refractivity contribution is 5.92. The van der Waals surface area contributed by atoms with Crippen molar-refractivity contribution in [1.29, 1.82) is 0 Å². The van der Waals surface area contributed by atoms with Gasteiger partial charge in [-0.25, -0.2) is 9.37 Å². The van der Waals surface area contributed by atoms with Crippen molar-refractivity contribution in [2.24, 2.45) is 5.92 Å². The summed E-state index contributed by atoms with van der Waals surface area (Å²) in [4.78, 5) is 37.2. The summed E-state index contributed by atoms with van der Waals surface area (Å²) >= 11 is 0. The summed E-state index contributed by atoms with van der Waals surface area (Å²) in [7, 11) is 5.48. The number of nitrogens with zero attached hydrogens (tertiary/aromatic N) is 4. The van der Waals surface area contributed by atoms with Crippen LogP contribution in [0.25, 0.3) is 0 Å². The van der Waals surface area contributed by atoms with E-state index in [4.69, 9.17) is 0 Å². The third-order valence-electron chi connectivity index (χ3n) is 6.35. The van der Waals surface area contributed by atoms with E-state index < -0.39 is 6.04 Å². The Morgan fingerprint density at radius 1 is 1.26 bits per heavy atom. The van der Waals surface area contributed by atoms with Crippen LogP contribution < -0.4 is 16.0 Å². The molecule has 1 heterocycles. The van der Waals surface area contributed by atoms with E-state index in [1.54, 1.807) is 38.4 Å². The molecule has 1 saturated carbocycles. The maximum atomic E-state index is 13.5. The fourth-order valence-electron chi connectivity index (χ4n) is 3.81. The molecule has 0 aliphatic heterocycles. The van der Waals surface area contributed by atoms with E-state index in [0.717, 1.165) is 25.8 Å². The van der Waals surface area contributed by atoms with Gasteiger partial charge in [0.2, 0.25) is 17.8 Å². The zero-order valence-corrected chi connectivity index (χ0v) is 23.3. The van der Waals surface area contributed by atoms with Gasteiger partial charge in [0.1, 0.15) is 17.7 Å². The number of amides is 2. The van der Waals surface area contributed by atoms with Crippen molar-refractivity contribution in [2.75, 3.05) is 44.9 Å². The number of rotatable bonds is 11. The molecule has 3 rings (SSSR count). The van der Waals surface area contributed by atoms with Crippen molar-refractivity contribution in [3.63, 3.8) is 0 Å². The van der Waals surface area contributed by atoms with Crippen LogP contribution in [0.3, 0.4) is 0 Å². The third-order valence-corrected chi connectivity index (χ3v) is 6.35. The summed E-state index contributed by atoms with van der Waals surface area (Å²) in [6.07, 6.45) is 7.32. The first-order valence-electron chi connectivity index (χ1n) is 13.2. The lowest BCUT2D eigenvalue weighted by Crippen LogP contribution is -2.51. The predicted molar refractivity (Wildman–Crippen MR) is 152 cm³/mol. The normalized spacial score (nSPS) is 17.1. The van der Waals surface area contributed by atoms with Gasteiger partial charge in [0, 0.05) is 43.9 Å². The van der Waals surface area contributed by atoms with Crippen molar-refractivity contribution in [3.8, 4) is 11.8 Å². The van der Waals surface area contributed by atoms with E-state index in [1.165, 1.54) is 23.1 Å². The second kappa shape index (κ2) is 14.3. The van der Waals surface area contributed by atoms with Crippen molar-refractivity contribution >= 4 is 29.3 Å². The topological polar surface area (TPSA) is 102 Å². The van der Waals surface area contributed by atoms with E-state index in [1.807, 2.05) is 19.0 Å². The van der Waals surface area contributed by atoms with Gasteiger partial charge in [0.25, 0.3) is 0 Å². The lowest BCUT2D eigenvalue weighted by atomic mass is 9.80. The number of halogens is 1.